The van der Waals surface area contributed by atoms with Gasteiger partial charge in [-0.05, 0) is 13.5 Å². The Morgan fingerprint density at radius 1 is 1.64 bits per heavy atom. The molecule has 0 saturated heterocycles. The number of nitrogens with zero attached hydrogens (tertiary/aromatic N) is 1. The number of nitrogens with one attached hydrogen (secondary N) is 1. The second kappa shape index (κ2) is 5.05. The van der Waals surface area contributed by atoms with Crippen LogP contribution in [0.3, 0.4) is 0 Å². The van der Waals surface area contributed by atoms with Gasteiger partial charge in [0.1, 0.15) is 0 Å². The first-order chi connectivity index (χ1) is 6.53. The Kier molecular flexibility index (Phi) is 4.29. The van der Waals surface area contributed by atoms with Gasteiger partial charge in [-0.15, -0.1) is 0 Å². The molecule has 0 bridgehead atoms. The summed E-state index contributed by atoms with van der Waals surface area (Å²) in [5, 5.41) is 3.15. The van der Waals surface area contributed by atoms with Crippen molar-refractivity contribution in [1.82, 2.24) is 10.2 Å². The zero-order chi connectivity index (χ0) is 10.6. The van der Waals surface area contributed by atoms with E-state index in [0.717, 1.165) is 6.42 Å². The molecule has 1 aliphatic rings. The fourth-order valence-corrected chi connectivity index (χ4v) is 1.82. The lowest BCUT2D eigenvalue weighted by atomic mass is 10.2. The third-order valence-corrected chi connectivity index (χ3v) is 2.35. The van der Waals surface area contributed by atoms with Crippen LogP contribution in [0, 0.1) is 0 Å². The molecule has 0 aromatic carbocycles. The lowest BCUT2D eigenvalue weighted by molar-refractivity contribution is -0.0272. The predicted molar refractivity (Wildman–Crippen MR) is 53.9 cm³/mol. The first-order valence-electron chi connectivity index (χ1n) is 4.63. The van der Waals surface area contributed by atoms with Crippen molar-refractivity contribution in [3.63, 3.8) is 0 Å². The second-order valence-corrected chi connectivity index (χ2v) is 4.02. The summed E-state index contributed by atoms with van der Waals surface area (Å²) in [6, 6.07) is 0. The van der Waals surface area contributed by atoms with Gasteiger partial charge in [0, 0.05) is 18.1 Å². The number of hydrogen-bond acceptors (Lipinski definition) is 2. The molecule has 1 N–H and O–H groups in total. The van der Waals surface area contributed by atoms with Crippen molar-refractivity contribution < 1.29 is 8.78 Å². The Bertz CT molecular complexity index is 219. The minimum absolute atomic E-state index is 0.224. The van der Waals surface area contributed by atoms with Crippen LogP contribution in [0.25, 0.3) is 0 Å². The van der Waals surface area contributed by atoms with E-state index >= 15 is 0 Å². The normalized spacial score (nSPS) is 19.6. The van der Waals surface area contributed by atoms with Crippen LogP contribution in [-0.2, 0) is 0 Å². The SMILES string of the molecule is CNCC(F)(F)CN1CCC=C(Cl)C1. The van der Waals surface area contributed by atoms with Crippen LogP contribution < -0.4 is 5.32 Å². The van der Waals surface area contributed by atoms with E-state index in [1.165, 1.54) is 7.05 Å². The highest BCUT2D eigenvalue weighted by Crippen LogP contribution is 2.19. The van der Waals surface area contributed by atoms with E-state index in [4.69, 9.17) is 11.6 Å². The van der Waals surface area contributed by atoms with Gasteiger partial charge in [-0.3, -0.25) is 4.90 Å². The van der Waals surface area contributed by atoms with Gasteiger partial charge in [0.25, 0.3) is 5.92 Å². The highest BCUT2D eigenvalue weighted by atomic mass is 35.5. The number of halogens is 3. The van der Waals surface area contributed by atoms with Crippen molar-refractivity contribution in [1.29, 1.82) is 0 Å². The van der Waals surface area contributed by atoms with E-state index in [0.29, 0.717) is 18.1 Å². The quantitative estimate of drug-likeness (QED) is 0.782. The Morgan fingerprint density at radius 2 is 2.36 bits per heavy atom. The standard InChI is InChI=1S/C9H15ClF2N2/c1-13-6-9(11,12)7-14-4-2-3-8(10)5-14/h3,13H,2,4-7H2,1H3. The zero-order valence-corrected chi connectivity index (χ0v) is 8.95. The van der Waals surface area contributed by atoms with E-state index in [-0.39, 0.29) is 13.1 Å². The molecule has 0 atom stereocenters. The van der Waals surface area contributed by atoms with Crippen molar-refractivity contribution in [3.05, 3.63) is 11.1 Å². The smallest absolute Gasteiger partial charge is 0.272 e. The fourth-order valence-electron chi connectivity index (χ4n) is 1.54. The van der Waals surface area contributed by atoms with E-state index in [9.17, 15) is 8.78 Å². The zero-order valence-electron chi connectivity index (χ0n) is 8.19. The molecular formula is C9H15ClF2N2. The maximum absolute atomic E-state index is 13.2. The largest absolute Gasteiger partial charge is 0.314 e. The summed E-state index contributed by atoms with van der Waals surface area (Å²) in [6.07, 6.45) is 2.64. The molecule has 0 aromatic heterocycles. The lowest BCUT2D eigenvalue weighted by Gasteiger charge is -2.28. The number of rotatable bonds is 4. The van der Waals surface area contributed by atoms with Crippen molar-refractivity contribution in [2.75, 3.05) is 33.2 Å². The summed E-state index contributed by atoms with van der Waals surface area (Å²) in [5.41, 5.74) is 0. The summed E-state index contributed by atoms with van der Waals surface area (Å²) in [7, 11) is 1.52. The van der Waals surface area contributed by atoms with Gasteiger partial charge in [0.05, 0.1) is 13.1 Å². The molecule has 0 unspecified atom stereocenters. The maximum atomic E-state index is 13.2. The molecule has 0 amide bonds. The molecule has 82 valence electrons. The van der Waals surface area contributed by atoms with Crippen molar-refractivity contribution in [3.8, 4) is 0 Å². The van der Waals surface area contributed by atoms with Crippen LogP contribution >= 0.6 is 11.6 Å². The molecule has 0 fully saturated rings. The molecule has 5 heteroatoms. The van der Waals surface area contributed by atoms with Gasteiger partial charge in [-0.25, -0.2) is 8.78 Å². The van der Waals surface area contributed by atoms with Crippen LogP contribution in [0.1, 0.15) is 6.42 Å². The van der Waals surface area contributed by atoms with Crippen LogP contribution in [0.5, 0.6) is 0 Å². The summed E-state index contributed by atoms with van der Waals surface area (Å²) in [4.78, 5) is 1.68. The number of alkyl halides is 2. The monoisotopic (exact) mass is 224 g/mol. The minimum Gasteiger partial charge on any atom is -0.314 e. The topological polar surface area (TPSA) is 15.3 Å². The van der Waals surface area contributed by atoms with Gasteiger partial charge in [-0.2, -0.15) is 0 Å². The van der Waals surface area contributed by atoms with Crippen LogP contribution in [-0.4, -0.2) is 44.0 Å². The van der Waals surface area contributed by atoms with Gasteiger partial charge in [-0.1, -0.05) is 17.7 Å². The summed E-state index contributed by atoms with van der Waals surface area (Å²) < 4.78 is 26.3. The molecule has 2 nitrogen and oxygen atoms in total. The average Bonchev–Trinajstić information content (AvgIpc) is 2.02. The van der Waals surface area contributed by atoms with Crippen LogP contribution in [0.2, 0.25) is 0 Å². The lowest BCUT2D eigenvalue weighted by Crippen LogP contribution is -2.44. The Labute approximate surface area is 87.9 Å². The molecule has 0 radical (unpaired) electrons. The van der Waals surface area contributed by atoms with Crippen molar-refractivity contribution in [2.24, 2.45) is 0 Å². The van der Waals surface area contributed by atoms with Crippen LogP contribution in [0.15, 0.2) is 11.1 Å². The highest BCUT2D eigenvalue weighted by molar-refractivity contribution is 6.29. The Hall–Kier alpha value is -0.190. The Morgan fingerprint density at radius 3 is 2.93 bits per heavy atom. The first-order valence-corrected chi connectivity index (χ1v) is 5.00. The Balaban J connectivity index is 2.40. The van der Waals surface area contributed by atoms with E-state index in [1.807, 2.05) is 6.08 Å². The van der Waals surface area contributed by atoms with E-state index < -0.39 is 5.92 Å². The second-order valence-electron chi connectivity index (χ2n) is 3.54. The molecule has 0 aromatic rings. The van der Waals surface area contributed by atoms with Gasteiger partial charge in [0.2, 0.25) is 0 Å². The van der Waals surface area contributed by atoms with Crippen LogP contribution in [0.4, 0.5) is 8.78 Å². The predicted octanol–water partition coefficient (Wildman–Crippen LogP) is 1.67. The highest BCUT2D eigenvalue weighted by Gasteiger charge is 2.31. The summed E-state index contributed by atoms with van der Waals surface area (Å²) in [5.74, 6) is -2.68. The third-order valence-electron chi connectivity index (χ3n) is 2.08. The number of hydrogen-bond donors (Lipinski definition) is 1. The molecule has 1 rings (SSSR count). The van der Waals surface area contributed by atoms with Crippen molar-refractivity contribution >= 4 is 11.6 Å². The van der Waals surface area contributed by atoms with Gasteiger partial charge < -0.3 is 5.32 Å². The summed E-state index contributed by atoms with van der Waals surface area (Å²) in [6.45, 7) is 0.596. The molecule has 1 aliphatic heterocycles. The van der Waals surface area contributed by atoms with E-state index in [2.05, 4.69) is 5.32 Å². The molecular weight excluding hydrogens is 210 g/mol. The van der Waals surface area contributed by atoms with E-state index in [1.54, 1.807) is 4.90 Å². The molecule has 1 heterocycles. The summed E-state index contributed by atoms with van der Waals surface area (Å²) >= 11 is 5.78. The molecule has 0 aliphatic carbocycles. The minimum atomic E-state index is -2.68. The van der Waals surface area contributed by atoms with Gasteiger partial charge in [0.15, 0.2) is 0 Å². The molecule has 14 heavy (non-hydrogen) atoms. The average molecular weight is 225 g/mol. The van der Waals surface area contributed by atoms with Gasteiger partial charge >= 0.3 is 0 Å². The molecule has 0 spiro atoms. The fraction of sp³-hybridized carbons (Fsp3) is 0.778. The third kappa shape index (κ3) is 3.90. The van der Waals surface area contributed by atoms with Crippen molar-refractivity contribution in [2.45, 2.75) is 12.3 Å². The first kappa shape index (κ1) is 11.9. The molecule has 0 saturated carbocycles. The maximum Gasteiger partial charge on any atom is 0.272 e.